The van der Waals surface area contributed by atoms with Crippen LogP contribution in [0.5, 0.6) is 0 Å². The first kappa shape index (κ1) is 17.8. The van der Waals surface area contributed by atoms with Gasteiger partial charge in [0.2, 0.25) is 0 Å². The highest BCUT2D eigenvalue weighted by Crippen LogP contribution is 2.38. The van der Waals surface area contributed by atoms with E-state index in [9.17, 15) is 15.0 Å². The molecule has 1 amide bonds. The number of aliphatic hydroxyl groups excluding tert-OH is 2. The molecular formula is C13H20ClN3O4. The number of carbonyl (C=O) groups excluding carboxylic acids is 1. The molecule has 0 aliphatic heterocycles. The number of nitrogens with zero attached hydrogens (tertiary/aromatic N) is 2. The standard InChI is InChI=1S/C13H19N3O4.ClH/c1-20-8-13(4-10(17)11(18)5-13)7-16-12(19)9-6-14-2-3-15-9;/h2-3,6,10-11,17-18H,4-5,7-8H2,1H3,(H,16,19);1H/t10-,11+,13?;. The Labute approximate surface area is 129 Å². The molecule has 8 heteroatoms. The summed E-state index contributed by atoms with van der Waals surface area (Å²) in [7, 11) is 1.56. The number of hydrogen-bond acceptors (Lipinski definition) is 6. The zero-order valence-corrected chi connectivity index (χ0v) is 12.5. The van der Waals surface area contributed by atoms with Gasteiger partial charge in [-0.15, -0.1) is 12.4 Å². The molecule has 2 rings (SSSR count). The molecule has 1 heterocycles. The Bertz CT molecular complexity index is 450. The molecule has 1 aromatic heterocycles. The maximum atomic E-state index is 11.9. The van der Waals surface area contributed by atoms with E-state index in [4.69, 9.17) is 4.74 Å². The number of carbonyl (C=O) groups is 1. The molecular weight excluding hydrogens is 298 g/mol. The Morgan fingerprint density at radius 2 is 2.10 bits per heavy atom. The van der Waals surface area contributed by atoms with E-state index in [1.54, 1.807) is 7.11 Å². The summed E-state index contributed by atoms with van der Waals surface area (Å²) in [5.41, 5.74) is -0.218. The minimum Gasteiger partial charge on any atom is -0.390 e. The van der Waals surface area contributed by atoms with Gasteiger partial charge in [0.15, 0.2) is 0 Å². The van der Waals surface area contributed by atoms with Gasteiger partial charge in [0.25, 0.3) is 5.91 Å². The topological polar surface area (TPSA) is 105 Å². The van der Waals surface area contributed by atoms with Crippen LogP contribution in [-0.4, -0.2) is 58.6 Å². The Hall–Kier alpha value is -1.28. The molecule has 1 saturated carbocycles. The number of aliphatic hydroxyl groups is 2. The second-order valence-corrected chi connectivity index (χ2v) is 5.25. The van der Waals surface area contributed by atoms with Gasteiger partial charge in [0, 0.05) is 31.5 Å². The monoisotopic (exact) mass is 317 g/mol. The van der Waals surface area contributed by atoms with E-state index in [2.05, 4.69) is 15.3 Å². The maximum absolute atomic E-state index is 11.9. The van der Waals surface area contributed by atoms with Crippen LogP contribution >= 0.6 is 12.4 Å². The van der Waals surface area contributed by atoms with E-state index in [-0.39, 0.29) is 24.0 Å². The fraction of sp³-hybridized carbons (Fsp3) is 0.615. The fourth-order valence-corrected chi connectivity index (χ4v) is 2.64. The molecule has 118 valence electrons. The summed E-state index contributed by atoms with van der Waals surface area (Å²) in [5, 5.41) is 22.2. The lowest BCUT2D eigenvalue weighted by Crippen LogP contribution is -2.39. The number of ether oxygens (including phenoxy) is 1. The van der Waals surface area contributed by atoms with Gasteiger partial charge in [0.05, 0.1) is 25.0 Å². The van der Waals surface area contributed by atoms with Crippen molar-refractivity contribution in [3.8, 4) is 0 Å². The molecule has 3 N–H and O–H groups in total. The first-order valence-electron chi connectivity index (χ1n) is 6.46. The normalized spacial score (nSPS) is 28.0. The molecule has 0 radical (unpaired) electrons. The summed E-state index contributed by atoms with van der Waals surface area (Å²) < 4.78 is 5.16. The van der Waals surface area contributed by atoms with E-state index in [0.717, 1.165) is 0 Å². The van der Waals surface area contributed by atoms with E-state index < -0.39 is 17.6 Å². The van der Waals surface area contributed by atoms with Gasteiger partial charge in [-0.25, -0.2) is 4.98 Å². The molecule has 7 nitrogen and oxygen atoms in total. The molecule has 0 saturated heterocycles. The molecule has 1 aromatic rings. The minimum atomic E-state index is -0.779. The average molecular weight is 318 g/mol. The largest absolute Gasteiger partial charge is 0.390 e. The smallest absolute Gasteiger partial charge is 0.271 e. The minimum absolute atomic E-state index is 0. The summed E-state index contributed by atoms with van der Waals surface area (Å²) >= 11 is 0. The molecule has 1 unspecified atom stereocenters. The Morgan fingerprint density at radius 3 is 2.62 bits per heavy atom. The summed E-state index contributed by atoms with van der Waals surface area (Å²) in [6.45, 7) is 0.673. The number of amides is 1. The lowest BCUT2D eigenvalue weighted by atomic mass is 9.86. The maximum Gasteiger partial charge on any atom is 0.271 e. The SMILES string of the molecule is COCC1(CNC(=O)c2cnccn2)C[C@@H](O)[C@@H](O)C1.Cl. The number of nitrogens with one attached hydrogen (secondary N) is 1. The highest BCUT2D eigenvalue weighted by molar-refractivity contribution is 5.91. The zero-order valence-electron chi connectivity index (χ0n) is 11.7. The Kier molecular flexibility index (Phi) is 6.47. The molecule has 1 aliphatic carbocycles. The number of rotatable bonds is 5. The third-order valence-corrected chi connectivity index (χ3v) is 3.60. The van der Waals surface area contributed by atoms with Crippen LogP contribution < -0.4 is 5.32 Å². The van der Waals surface area contributed by atoms with Gasteiger partial charge < -0.3 is 20.3 Å². The van der Waals surface area contributed by atoms with Crippen molar-refractivity contribution in [1.29, 1.82) is 0 Å². The lowest BCUT2D eigenvalue weighted by Gasteiger charge is -2.28. The van der Waals surface area contributed by atoms with Crippen molar-refractivity contribution in [2.75, 3.05) is 20.3 Å². The third kappa shape index (κ3) is 4.34. The number of aromatic nitrogens is 2. The van der Waals surface area contributed by atoms with Gasteiger partial charge in [0.1, 0.15) is 5.69 Å². The van der Waals surface area contributed by atoms with Crippen molar-refractivity contribution in [1.82, 2.24) is 15.3 Å². The molecule has 0 bridgehead atoms. The van der Waals surface area contributed by atoms with Gasteiger partial charge in [-0.2, -0.15) is 0 Å². The fourth-order valence-electron chi connectivity index (χ4n) is 2.64. The van der Waals surface area contributed by atoms with Crippen molar-refractivity contribution >= 4 is 18.3 Å². The molecule has 1 aliphatic rings. The van der Waals surface area contributed by atoms with E-state index in [1.165, 1.54) is 18.6 Å². The van der Waals surface area contributed by atoms with Crippen LogP contribution in [0.3, 0.4) is 0 Å². The summed E-state index contributed by atoms with van der Waals surface area (Å²) in [6.07, 6.45) is 3.55. The van der Waals surface area contributed by atoms with Gasteiger partial charge in [-0.3, -0.25) is 9.78 Å². The second-order valence-electron chi connectivity index (χ2n) is 5.25. The predicted octanol–water partition coefficient (Wildman–Crippen LogP) is -0.223. The van der Waals surface area contributed by atoms with E-state index in [0.29, 0.717) is 26.0 Å². The van der Waals surface area contributed by atoms with Crippen LogP contribution in [0, 0.1) is 5.41 Å². The second kappa shape index (κ2) is 7.65. The van der Waals surface area contributed by atoms with Crippen LogP contribution in [-0.2, 0) is 4.74 Å². The van der Waals surface area contributed by atoms with Crippen molar-refractivity contribution in [2.24, 2.45) is 5.41 Å². The predicted molar refractivity (Wildman–Crippen MR) is 77.2 cm³/mol. The first-order chi connectivity index (χ1) is 9.56. The van der Waals surface area contributed by atoms with Crippen LogP contribution in [0.25, 0.3) is 0 Å². The first-order valence-corrected chi connectivity index (χ1v) is 6.46. The quantitative estimate of drug-likeness (QED) is 0.693. The van der Waals surface area contributed by atoms with Crippen molar-refractivity contribution < 1.29 is 19.7 Å². The van der Waals surface area contributed by atoms with E-state index >= 15 is 0 Å². The molecule has 0 aromatic carbocycles. The summed E-state index contributed by atoms with van der Waals surface area (Å²) in [5.74, 6) is -0.329. The third-order valence-electron chi connectivity index (χ3n) is 3.60. The number of methoxy groups -OCH3 is 1. The molecule has 1 fully saturated rings. The zero-order chi connectivity index (χ0) is 14.6. The van der Waals surface area contributed by atoms with Crippen molar-refractivity contribution in [3.63, 3.8) is 0 Å². The highest BCUT2D eigenvalue weighted by Gasteiger charge is 2.44. The van der Waals surface area contributed by atoms with Gasteiger partial charge in [-0.05, 0) is 12.8 Å². The molecule has 0 spiro atoms. The Balaban J connectivity index is 0.00000220. The molecule has 21 heavy (non-hydrogen) atoms. The molecule has 3 atom stereocenters. The number of halogens is 1. The average Bonchev–Trinajstić information content (AvgIpc) is 2.73. The summed E-state index contributed by atoms with van der Waals surface area (Å²) in [6, 6.07) is 0. The number of hydrogen-bond donors (Lipinski definition) is 3. The van der Waals surface area contributed by atoms with Crippen molar-refractivity contribution in [2.45, 2.75) is 25.0 Å². The van der Waals surface area contributed by atoms with Crippen LogP contribution in [0.2, 0.25) is 0 Å². The van der Waals surface area contributed by atoms with Crippen LogP contribution in [0.15, 0.2) is 18.6 Å². The van der Waals surface area contributed by atoms with Crippen molar-refractivity contribution in [3.05, 3.63) is 24.3 Å². The van der Waals surface area contributed by atoms with Gasteiger partial charge in [-0.1, -0.05) is 0 Å². The van der Waals surface area contributed by atoms with Gasteiger partial charge >= 0.3 is 0 Å². The highest BCUT2D eigenvalue weighted by atomic mass is 35.5. The Morgan fingerprint density at radius 1 is 1.43 bits per heavy atom. The van der Waals surface area contributed by atoms with Crippen LogP contribution in [0.4, 0.5) is 0 Å². The summed E-state index contributed by atoms with van der Waals surface area (Å²) in [4.78, 5) is 19.7. The lowest BCUT2D eigenvalue weighted by molar-refractivity contribution is 0.0438. The van der Waals surface area contributed by atoms with E-state index in [1.807, 2.05) is 0 Å². The van der Waals surface area contributed by atoms with Crippen LogP contribution in [0.1, 0.15) is 23.3 Å².